The molecule has 1 aliphatic heterocycles. The average molecular weight is 202 g/mol. The van der Waals surface area contributed by atoms with E-state index in [1.54, 1.807) is 0 Å². The smallest absolute Gasteiger partial charge is 0.237 e. The monoisotopic (exact) mass is 201 g/mol. The molecule has 2 nitrogen and oxygen atoms in total. The van der Waals surface area contributed by atoms with Gasteiger partial charge in [0.25, 0.3) is 0 Å². The van der Waals surface area contributed by atoms with Gasteiger partial charge in [0.05, 0.1) is 0 Å². The third-order valence-electron chi connectivity index (χ3n) is 3.57. The fourth-order valence-electron chi connectivity index (χ4n) is 2.77. The summed E-state index contributed by atoms with van der Waals surface area (Å²) in [7, 11) is 0. The van der Waals surface area contributed by atoms with Gasteiger partial charge >= 0.3 is 0 Å². The summed E-state index contributed by atoms with van der Waals surface area (Å²) in [5.41, 5.74) is 0.488. The minimum Gasteiger partial charge on any atom is -0.341 e. The number of alkyl halides is 1. The molecule has 0 bridgehead atoms. The normalized spacial score (nSPS) is 25.8. The zero-order valence-corrected chi connectivity index (χ0v) is 8.65. The Morgan fingerprint density at radius 2 is 2.00 bits per heavy atom. The van der Waals surface area contributed by atoms with Gasteiger partial charge in [0.2, 0.25) is 5.91 Å². The number of amides is 1. The molecular weight excluding hydrogens is 186 g/mol. The van der Waals surface area contributed by atoms with Gasteiger partial charge < -0.3 is 4.90 Å². The van der Waals surface area contributed by atoms with Crippen LogP contribution < -0.4 is 0 Å². The van der Waals surface area contributed by atoms with Gasteiger partial charge in [-0.1, -0.05) is 12.8 Å². The van der Waals surface area contributed by atoms with Gasteiger partial charge in [0.15, 0.2) is 0 Å². The molecule has 0 aromatic rings. The van der Waals surface area contributed by atoms with Crippen molar-refractivity contribution in [1.82, 2.24) is 4.90 Å². The first kappa shape index (κ1) is 9.32. The standard InChI is InChI=1S/C10H16ClNO/c11-7-9(13)12-6-5-10(8-12)3-1-2-4-10/h1-8H2. The van der Waals surface area contributed by atoms with E-state index in [1.807, 2.05) is 4.90 Å². The second-order valence-corrected chi connectivity index (χ2v) is 4.67. The molecule has 3 heteroatoms. The van der Waals surface area contributed by atoms with Crippen molar-refractivity contribution in [3.63, 3.8) is 0 Å². The molecule has 0 N–H and O–H groups in total. The predicted octanol–water partition coefficient (Wildman–Crippen LogP) is 2.02. The molecule has 2 rings (SSSR count). The second kappa shape index (κ2) is 3.49. The van der Waals surface area contributed by atoms with Gasteiger partial charge in [-0.3, -0.25) is 4.79 Å². The lowest BCUT2D eigenvalue weighted by Crippen LogP contribution is -2.31. The maximum absolute atomic E-state index is 11.3. The van der Waals surface area contributed by atoms with Crippen LogP contribution in [0, 0.1) is 5.41 Å². The number of hydrogen-bond acceptors (Lipinski definition) is 1. The zero-order chi connectivity index (χ0) is 9.31. The van der Waals surface area contributed by atoms with Gasteiger partial charge in [0, 0.05) is 13.1 Å². The van der Waals surface area contributed by atoms with Crippen molar-refractivity contribution < 1.29 is 4.79 Å². The van der Waals surface area contributed by atoms with Crippen molar-refractivity contribution in [2.75, 3.05) is 19.0 Å². The molecule has 2 aliphatic rings. The maximum Gasteiger partial charge on any atom is 0.237 e. The molecule has 13 heavy (non-hydrogen) atoms. The van der Waals surface area contributed by atoms with Crippen LogP contribution in [0.25, 0.3) is 0 Å². The molecule has 0 radical (unpaired) electrons. The third-order valence-corrected chi connectivity index (χ3v) is 3.80. The molecule has 1 saturated carbocycles. The van der Waals surface area contributed by atoms with Gasteiger partial charge in [-0.25, -0.2) is 0 Å². The first-order valence-electron chi connectivity index (χ1n) is 5.10. The summed E-state index contributed by atoms with van der Waals surface area (Å²) in [5, 5.41) is 0. The van der Waals surface area contributed by atoms with Crippen molar-refractivity contribution in [1.29, 1.82) is 0 Å². The molecule has 0 aromatic heterocycles. The minimum absolute atomic E-state index is 0.116. The van der Waals surface area contributed by atoms with E-state index >= 15 is 0 Å². The topological polar surface area (TPSA) is 20.3 Å². The second-order valence-electron chi connectivity index (χ2n) is 4.41. The van der Waals surface area contributed by atoms with Gasteiger partial charge in [-0.15, -0.1) is 11.6 Å². The average Bonchev–Trinajstić information content (AvgIpc) is 2.76. The molecule has 0 atom stereocenters. The molecule has 1 saturated heterocycles. The molecule has 0 unspecified atom stereocenters. The Hall–Kier alpha value is -0.240. The van der Waals surface area contributed by atoms with Crippen molar-refractivity contribution in [2.24, 2.45) is 5.41 Å². The van der Waals surface area contributed by atoms with Crippen LogP contribution in [0.5, 0.6) is 0 Å². The summed E-state index contributed by atoms with van der Waals surface area (Å²) in [6.07, 6.45) is 6.54. The number of carbonyl (C=O) groups excluding carboxylic acids is 1. The van der Waals surface area contributed by atoms with Crippen molar-refractivity contribution in [3.8, 4) is 0 Å². The summed E-state index contributed by atoms with van der Waals surface area (Å²) in [4.78, 5) is 13.3. The van der Waals surface area contributed by atoms with Crippen LogP contribution in [0.15, 0.2) is 0 Å². The fraction of sp³-hybridized carbons (Fsp3) is 0.900. The van der Waals surface area contributed by atoms with Crippen LogP contribution in [0.4, 0.5) is 0 Å². The van der Waals surface area contributed by atoms with Crippen molar-refractivity contribution in [2.45, 2.75) is 32.1 Å². The number of likely N-dealkylation sites (tertiary alicyclic amines) is 1. The zero-order valence-electron chi connectivity index (χ0n) is 7.89. The molecule has 2 fully saturated rings. The molecular formula is C10H16ClNO. The van der Waals surface area contributed by atoms with Crippen LogP contribution in [-0.2, 0) is 4.79 Å². The number of rotatable bonds is 1. The fourth-order valence-corrected chi connectivity index (χ4v) is 2.93. The molecule has 74 valence electrons. The van der Waals surface area contributed by atoms with Gasteiger partial charge in [-0.2, -0.15) is 0 Å². The highest BCUT2D eigenvalue weighted by Gasteiger charge is 2.41. The SMILES string of the molecule is O=C(CCl)N1CCC2(CCCC2)C1. The van der Waals surface area contributed by atoms with Gasteiger partial charge in [0.1, 0.15) is 5.88 Å². The lowest BCUT2D eigenvalue weighted by Gasteiger charge is -2.22. The summed E-state index contributed by atoms with van der Waals surface area (Å²) < 4.78 is 0. The van der Waals surface area contributed by atoms with E-state index in [0.29, 0.717) is 5.41 Å². The number of halogens is 1. The molecule has 1 aliphatic carbocycles. The maximum atomic E-state index is 11.3. The highest BCUT2D eigenvalue weighted by Crippen LogP contribution is 2.45. The van der Waals surface area contributed by atoms with Crippen LogP contribution >= 0.6 is 11.6 Å². The van der Waals surface area contributed by atoms with Crippen LogP contribution in [0.3, 0.4) is 0 Å². The van der Waals surface area contributed by atoms with E-state index in [9.17, 15) is 4.79 Å². The Morgan fingerprint density at radius 3 is 2.62 bits per heavy atom. The van der Waals surface area contributed by atoms with E-state index in [4.69, 9.17) is 11.6 Å². The lowest BCUT2D eigenvalue weighted by atomic mass is 9.86. The van der Waals surface area contributed by atoms with E-state index in [2.05, 4.69) is 0 Å². The summed E-state index contributed by atoms with van der Waals surface area (Å²) in [6.45, 7) is 1.91. The van der Waals surface area contributed by atoms with Crippen molar-refractivity contribution in [3.05, 3.63) is 0 Å². The molecule has 0 aromatic carbocycles. The Balaban J connectivity index is 1.96. The summed E-state index contributed by atoms with van der Waals surface area (Å²) in [5.74, 6) is 0.265. The summed E-state index contributed by atoms with van der Waals surface area (Å²) >= 11 is 5.54. The van der Waals surface area contributed by atoms with E-state index < -0.39 is 0 Å². The Labute approximate surface area is 84.2 Å². The number of hydrogen-bond donors (Lipinski definition) is 0. The van der Waals surface area contributed by atoms with E-state index in [-0.39, 0.29) is 11.8 Å². The quantitative estimate of drug-likeness (QED) is 0.595. The molecule has 1 heterocycles. The number of nitrogens with zero attached hydrogens (tertiary/aromatic N) is 1. The first-order valence-corrected chi connectivity index (χ1v) is 5.63. The largest absolute Gasteiger partial charge is 0.341 e. The third kappa shape index (κ3) is 1.69. The summed E-state index contributed by atoms with van der Waals surface area (Å²) in [6, 6.07) is 0. The Bertz CT molecular complexity index is 211. The van der Waals surface area contributed by atoms with E-state index in [0.717, 1.165) is 13.1 Å². The van der Waals surface area contributed by atoms with Crippen LogP contribution in [0.1, 0.15) is 32.1 Å². The van der Waals surface area contributed by atoms with E-state index in [1.165, 1.54) is 32.1 Å². The predicted molar refractivity (Wildman–Crippen MR) is 52.8 cm³/mol. The minimum atomic E-state index is 0.116. The van der Waals surface area contributed by atoms with Gasteiger partial charge in [-0.05, 0) is 24.7 Å². The Kier molecular flexibility index (Phi) is 2.50. The first-order chi connectivity index (χ1) is 6.26. The lowest BCUT2D eigenvalue weighted by molar-refractivity contribution is -0.127. The van der Waals surface area contributed by atoms with Crippen molar-refractivity contribution >= 4 is 17.5 Å². The Morgan fingerprint density at radius 1 is 1.31 bits per heavy atom. The molecule has 1 amide bonds. The highest BCUT2D eigenvalue weighted by molar-refractivity contribution is 6.27. The van der Waals surface area contributed by atoms with Crippen LogP contribution in [-0.4, -0.2) is 29.8 Å². The highest BCUT2D eigenvalue weighted by atomic mass is 35.5. The number of carbonyl (C=O) groups is 1. The van der Waals surface area contributed by atoms with Crippen LogP contribution in [0.2, 0.25) is 0 Å². The molecule has 1 spiro atoms.